The molecule has 0 radical (unpaired) electrons. The van der Waals surface area contributed by atoms with E-state index in [2.05, 4.69) is 9.97 Å². The lowest BCUT2D eigenvalue weighted by Gasteiger charge is -2.20. The molecule has 1 aliphatic heterocycles. The maximum atomic E-state index is 11.1. The van der Waals surface area contributed by atoms with Crippen LogP contribution in [0.5, 0.6) is 0 Å². The molecule has 1 aromatic rings. The third-order valence-corrected chi connectivity index (χ3v) is 5.46. The van der Waals surface area contributed by atoms with Crippen molar-refractivity contribution in [3.05, 3.63) is 23.3 Å². The standard InChI is InChI=1S/C12H16N2O2S2/c1-2-3-9-8(12(15)16)6-13-11(14-9)10-7-17-4-5-18-10/h6,10H,2-5,7H2,1H3,(H,15,16). The fourth-order valence-corrected chi connectivity index (χ4v) is 4.44. The zero-order valence-electron chi connectivity index (χ0n) is 10.3. The minimum absolute atomic E-state index is 0.245. The fraction of sp³-hybridized carbons (Fsp3) is 0.583. The molecule has 6 heteroatoms. The van der Waals surface area contributed by atoms with E-state index in [0.717, 1.165) is 23.8 Å². The van der Waals surface area contributed by atoms with Crippen molar-refractivity contribution in [1.29, 1.82) is 0 Å². The number of aryl methyl sites for hydroxylation is 1. The van der Waals surface area contributed by atoms with E-state index in [1.54, 1.807) is 0 Å². The summed E-state index contributed by atoms with van der Waals surface area (Å²) in [5.74, 6) is 3.16. The lowest BCUT2D eigenvalue weighted by molar-refractivity contribution is 0.0694. The van der Waals surface area contributed by atoms with Gasteiger partial charge in [-0.3, -0.25) is 0 Å². The van der Waals surface area contributed by atoms with E-state index in [0.29, 0.717) is 17.4 Å². The molecule has 2 heterocycles. The largest absolute Gasteiger partial charge is 0.478 e. The summed E-state index contributed by atoms with van der Waals surface area (Å²) in [5, 5.41) is 9.41. The third kappa shape index (κ3) is 3.17. The van der Waals surface area contributed by atoms with Crippen molar-refractivity contribution < 1.29 is 9.90 Å². The van der Waals surface area contributed by atoms with E-state index in [1.807, 2.05) is 30.4 Å². The van der Waals surface area contributed by atoms with Gasteiger partial charge in [0.15, 0.2) is 0 Å². The number of carboxylic acids is 1. The smallest absolute Gasteiger partial charge is 0.339 e. The van der Waals surface area contributed by atoms with Crippen LogP contribution in [0, 0.1) is 0 Å². The van der Waals surface area contributed by atoms with Gasteiger partial charge in [0.1, 0.15) is 5.82 Å². The van der Waals surface area contributed by atoms with Gasteiger partial charge >= 0.3 is 5.97 Å². The fourth-order valence-electron chi connectivity index (χ4n) is 1.83. The molecular weight excluding hydrogens is 268 g/mol. The van der Waals surface area contributed by atoms with Crippen LogP contribution in [0.3, 0.4) is 0 Å². The predicted octanol–water partition coefficient (Wildman–Crippen LogP) is 2.65. The van der Waals surface area contributed by atoms with E-state index < -0.39 is 5.97 Å². The summed E-state index contributed by atoms with van der Waals surface area (Å²) in [6.45, 7) is 2.03. The topological polar surface area (TPSA) is 63.1 Å². The second-order valence-corrected chi connectivity index (χ2v) is 6.54. The minimum Gasteiger partial charge on any atom is -0.478 e. The molecule has 98 valence electrons. The van der Waals surface area contributed by atoms with Crippen LogP contribution in [0.1, 0.15) is 40.5 Å². The van der Waals surface area contributed by atoms with Gasteiger partial charge in [-0.2, -0.15) is 11.8 Å². The molecule has 0 saturated carbocycles. The lowest BCUT2D eigenvalue weighted by atomic mass is 10.1. The summed E-state index contributed by atoms with van der Waals surface area (Å²) in [6.07, 6.45) is 3.06. The SMILES string of the molecule is CCCc1nc(C2CSCCS2)ncc1C(=O)O. The Balaban J connectivity index is 2.26. The van der Waals surface area contributed by atoms with E-state index in [9.17, 15) is 4.79 Å². The summed E-state index contributed by atoms with van der Waals surface area (Å²) in [5.41, 5.74) is 0.917. The Morgan fingerprint density at radius 1 is 1.56 bits per heavy atom. The summed E-state index contributed by atoms with van der Waals surface area (Å²) >= 11 is 3.77. The molecule has 0 spiro atoms. The normalized spacial score (nSPS) is 19.7. The molecule has 0 aromatic carbocycles. The highest BCUT2D eigenvalue weighted by Gasteiger charge is 2.21. The highest BCUT2D eigenvalue weighted by Crippen LogP contribution is 2.35. The Labute approximate surface area is 115 Å². The van der Waals surface area contributed by atoms with Crippen molar-refractivity contribution in [3.8, 4) is 0 Å². The maximum absolute atomic E-state index is 11.1. The summed E-state index contributed by atoms with van der Waals surface area (Å²) in [4.78, 5) is 19.8. The van der Waals surface area contributed by atoms with Crippen LogP contribution in [0.2, 0.25) is 0 Å². The highest BCUT2D eigenvalue weighted by atomic mass is 32.2. The van der Waals surface area contributed by atoms with Gasteiger partial charge in [-0.25, -0.2) is 14.8 Å². The number of rotatable bonds is 4. The number of thioether (sulfide) groups is 2. The Kier molecular flexibility index (Phi) is 4.88. The van der Waals surface area contributed by atoms with Gasteiger partial charge in [0, 0.05) is 23.5 Å². The first-order chi connectivity index (χ1) is 8.72. The minimum atomic E-state index is -0.935. The first-order valence-corrected chi connectivity index (χ1v) is 8.21. The van der Waals surface area contributed by atoms with E-state index in [1.165, 1.54) is 11.9 Å². The summed E-state index contributed by atoms with van der Waals surface area (Å²) < 4.78 is 0. The molecule has 1 atom stereocenters. The molecule has 0 aliphatic carbocycles. The number of carboxylic acid groups (broad SMARTS) is 1. The van der Waals surface area contributed by atoms with E-state index >= 15 is 0 Å². The zero-order valence-corrected chi connectivity index (χ0v) is 11.9. The zero-order chi connectivity index (χ0) is 13.0. The number of hydrogen-bond donors (Lipinski definition) is 1. The van der Waals surface area contributed by atoms with Crippen LogP contribution in [-0.2, 0) is 6.42 Å². The number of nitrogens with zero attached hydrogens (tertiary/aromatic N) is 2. The molecule has 4 nitrogen and oxygen atoms in total. The van der Waals surface area contributed by atoms with Gasteiger partial charge in [0.2, 0.25) is 0 Å². The molecule has 1 unspecified atom stereocenters. The number of aromatic nitrogens is 2. The van der Waals surface area contributed by atoms with Gasteiger partial charge in [0.05, 0.1) is 16.5 Å². The average molecular weight is 284 g/mol. The second-order valence-electron chi connectivity index (χ2n) is 4.08. The first-order valence-electron chi connectivity index (χ1n) is 6.00. The summed E-state index contributed by atoms with van der Waals surface area (Å²) in [7, 11) is 0. The Bertz CT molecular complexity index is 434. The van der Waals surface area contributed by atoms with Crippen molar-refractivity contribution >= 4 is 29.5 Å². The predicted molar refractivity (Wildman–Crippen MR) is 75.5 cm³/mol. The van der Waals surface area contributed by atoms with Gasteiger partial charge in [0.25, 0.3) is 0 Å². The Morgan fingerprint density at radius 2 is 2.39 bits per heavy atom. The Morgan fingerprint density at radius 3 is 3.00 bits per heavy atom. The molecule has 2 rings (SSSR count). The van der Waals surface area contributed by atoms with Crippen molar-refractivity contribution in [2.45, 2.75) is 25.0 Å². The average Bonchev–Trinajstić information content (AvgIpc) is 2.40. The van der Waals surface area contributed by atoms with Crippen LogP contribution in [-0.4, -0.2) is 38.3 Å². The van der Waals surface area contributed by atoms with Crippen LogP contribution < -0.4 is 0 Å². The van der Waals surface area contributed by atoms with Gasteiger partial charge in [-0.15, -0.1) is 11.8 Å². The lowest BCUT2D eigenvalue weighted by Crippen LogP contribution is -2.14. The highest BCUT2D eigenvalue weighted by molar-refractivity contribution is 8.06. The van der Waals surface area contributed by atoms with Crippen LogP contribution in [0.4, 0.5) is 0 Å². The third-order valence-electron chi connectivity index (χ3n) is 2.71. The van der Waals surface area contributed by atoms with Crippen LogP contribution in [0.15, 0.2) is 6.20 Å². The molecule has 0 bridgehead atoms. The van der Waals surface area contributed by atoms with Crippen LogP contribution >= 0.6 is 23.5 Å². The molecule has 1 fully saturated rings. The molecule has 1 N–H and O–H groups in total. The van der Waals surface area contributed by atoms with E-state index in [-0.39, 0.29) is 5.56 Å². The van der Waals surface area contributed by atoms with Crippen molar-refractivity contribution in [2.24, 2.45) is 0 Å². The molecule has 1 saturated heterocycles. The van der Waals surface area contributed by atoms with E-state index in [4.69, 9.17) is 5.11 Å². The van der Waals surface area contributed by atoms with Crippen molar-refractivity contribution in [2.75, 3.05) is 17.3 Å². The first kappa shape index (κ1) is 13.7. The molecule has 1 aromatic heterocycles. The summed E-state index contributed by atoms with van der Waals surface area (Å²) in [6, 6.07) is 0. The van der Waals surface area contributed by atoms with Crippen LogP contribution in [0.25, 0.3) is 0 Å². The molecule has 1 aliphatic rings. The van der Waals surface area contributed by atoms with Gasteiger partial charge in [-0.1, -0.05) is 13.3 Å². The number of aromatic carboxylic acids is 1. The number of carbonyl (C=O) groups is 1. The maximum Gasteiger partial charge on any atom is 0.339 e. The van der Waals surface area contributed by atoms with Crippen molar-refractivity contribution in [1.82, 2.24) is 9.97 Å². The number of hydrogen-bond acceptors (Lipinski definition) is 5. The molecular formula is C12H16N2O2S2. The molecule has 18 heavy (non-hydrogen) atoms. The quantitative estimate of drug-likeness (QED) is 0.917. The second kappa shape index (κ2) is 6.43. The molecule has 0 amide bonds. The van der Waals surface area contributed by atoms with Crippen molar-refractivity contribution in [3.63, 3.8) is 0 Å². The van der Waals surface area contributed by atoms with Gasteiger partial charge < -0.3 is 5.11 Å². The van der Waals surface area contributed by atoms with Gasteiger partial charge in [-0.05, 0) is 6.42 Å². The monoisotopic (exact) mass is 284 g/mol. The Hall–Kier alpha value is -0.750.